The number of carbonyl (C=O) groups excluding carboxylic acids is 1. The van der Waals surface area contributed by atoms with Crippen molar-refractivity contribution in [1.82, 2.24) is 0 Å². The van der Waals surface area contributed by atoms with Crippen LogP contribution in [0.2, 0.25) is 0 Å². The lowest BCUT2D eigenvalue weighted by Gasteiger charge is -2.25. The van der Waals surface area contributed by atoms with Gasteiger partial charge in [-0.2, -0.15) is 0 Å². The Bertz CT molecular complexity index is 352. The van der Waals surface area contributed by atoms with Crippen LogP contribution in [0, 0.1) is 0 Å². The zero-order valence-corrected chi connectivity index (χ0v) is 9.44. The number of ketones is 1. The Balaban J connectivity index is 1.86. The highest BCUT2D eigenvalue weighted by molar-refractivity contribution is 5.97. The van der Waals surface area contributed by atoms with Crippen molar-refractivity contribution in [2.45, 2.75) is 19.4 Å². The molecule has 0 bridgehead atoms. The van der Waals surface area contributed by atoms with Crippen molar-refractivity contribution in [3.63, 3.8) is 0 Å². The number of carbonyl (C=O) groups is 1. The van der Waals surface area contributed by atoms with Gasteiger partial charge in [0.2, 0.25) is 0 Å². The average molecular weight is 220 g/mol. The standard InChI is InChI=1S/C13H16O3/c1-2-10-3-5-11(6-4-10)13(14)9-16-12-7-15-8-12/h3-6,12H,2,7-9H2,1H3. The predicted octanol–water partition coefficient (Wildman–Crippen LogP) is 1.85. The van der Waals surface area contributed by atoms with Crippen LogP contribution in [-0.4, -0.2) is 31.7 Å². The van der Waals surface area contributed by atoms with E-state index in [1.54, 1.807) is 0 Å². The number of aryl methyl sites for hydroxylation is 1. The molecule has 16 heavy (non-hydrogen) atoms. The Kier molecular flexibility index (Phi) is 3.70. The van der Waals surface area contributed by atoms with Gasteiger partial charge in [-0.05, 0) is 12.0 Å². The molecule has 1 saturated heterocycles. The summed E-state index contributed by atoms with van der Waals surface area (Å²) in [5, 5.41) is 0. The number of hydrogen-bond donors (Lipinski definition) is 0. The zero-order valence-electron chi connectivity index (χ0n) is 9.44. The minimum atomic E-state index is 0.0366. The van der Waals surface area contributed by atoms with E-state index >= 15 is 0 Å². The number of rotatable bonds is 5. The molecule has 0 amide bonds. The van der Waals surface area contributed by atoms with E-state index in [0.29, 0.717) is 13.2 Å². The lowest BCUT2D eigenvalue weighted by Crippen LogP contribution is -2.37. The van der Waals surface area contributed by atoms with Gasteiger partial charge in [0, 0.05) is 5.56 Å². The number of hydrogen-bond acceptors (Lipinski definition) is 3. The third-order valence-electron chi connectivity index (χ3n) is 2.74. The summed E-state index contributed by atoms with van der Waals surface area (Å²) in [6.07, 6.45) is 1.10. The van der Waals surface area contributed by atoms with Crippen LogP contribution in [0.1, 0.15) is 22.8 Å². The molecular weight excluding hydrogens is 204 g/mol. The molecule has 1 fully saturated rings. The maximum atomic E-state index is 11.7. The summed E-state index contributed by atoms with van der Waals surface area (Å²) in [5.74, 6) is 0.0366. The Morgan fingerprint density at radius 1 is 1.38 bits per heavy atom. The monoisotopic (exact) mass is 220 g/mol. The second-order valence-corrected chi connectivity index (χ2v) is 3.94. The number of ether oxygens (including phenoxy) is 2. The van der Waals surface area contributed by atoms with Crippen molar-refractivity contribution >= 4 is 5.78 Å². The van der Waals surface area contributed by atoms with E-state index in [1.165, 1.54) is 5.56 Å². The van der Waals surface area contributed by atoms with Crippen molar-refractivity contribution in [2.24, 2.45) is 0 Å². The molecule has 1 aliphatic heterocycles. The van der Waals surface area contributed by atoms with Crippen LogP contribution in [0.3, 0.4) is 0 Å². The molecule has 1 aliphatic rings. The van der Waals surface area contributed by atoms with Crippen molar-refractivity contribution in [3.05, 3.63) is 35.4 Å². The van der Waals surface area contributed by atoms with Gasteiger partial charge in [-0.25, -0.2) is 0 Å². The molecule has 1 aromatic carbocycles. The minimum Gasteiger partial charge on any atom is -0.376 e. The van der Waals surface area contributed by atoms with E-state index in [1.807, 2.05) is 24.3 Å². The molecular formula is C13H16O3. The van der Waals surface area contributed by atoms with E-state index in [2.05, 4.69) is 6.92 Å². The summed E-state index contributed by atoms with van der Waals surface area (Å²) in [4.78, 5) is 11.7. The smallest absolute Gasteiger partial charge is 0.188 e. The van der Waals surface area contributed by atoms with Crippen LogP contribution in [0.4, 0.5) is 0 Å². The molecule has 0 spiro atoms. The van der Waals surface area contributed by atoms with Crippen molar-refractivity contribution in [3.8, 4) is 0 Å². The van der Waals surface area contributed by atoms with Crippen molar-refractivity contribution < 1.29 is 14.3 Å². The Morgan fingerprint density at radius 3 is 2.56 bits per heavy atom. The fourth-order valence-electron chi connectivity index (χ4n) is 1.51. The van der Waals surface area contributed by atoms with Gasteiger partial charge < -0.3 is 9.47 Å². The normalized spacial score (nSPS) is 15.8. The fraction of sp³-hybridized carbons (Fsp3) is 0.462. The van der Waals surface area contributed by atoms with Gasteiger partial charge in [-0.3, -0.25) is 4.79 Å². The van der Waals surface area contributed by atoms with E-state index in [0.717, 1.165) is 12.0 Å². The molecule has 2 rings (SSSR count). The molecule has 0 aliphatic carbocycles. The highest BCUT2D eigenvalue weighted by Crippen LogP contribution is 2.09. The summed E-state index contributed by atoms with van der Waals surface area (Å²) in [5.41, 5.74) is 1.96. The number of benzene rings is 1. The zero-order chi connectivity index (χ0) is 11.4. The summed E-state index contributed by atoms with van der Waals surface area (Å²) in [7, 11) is 0. The average Bonchev–Trinajstić information content (AvgIpc) is 2.27. The first-order chi connectivity index (χ1) is 7.79. The van der Waals surface area contributed by atoms with Crippen molar-refractivity contribution in [2.75, 3.05) is 19.8 Å². The largest absolute Gasteiger partial charge is 0.376 e. The maximum absolute atomic E-state index is 11.7. The summed E-state index contributed by atoms with van der Waals surface area (Å²) in [6.45, 7) is 3.47. The lowest BCUT2D eigenvalue weighted by molar-refractivity contribution is -0.123. The summed E-state index contributed by atoms with van der Waals surface area (Å²) >= 11 is 0. The topological polar surface area (TPSA) is 35.5 Å². The van der Waals surface area contributed by atoms with Crippen LogP contribution in [0.25, 0.3) is 0 Å². The molecule has 0 unspecified atom stereocenters. The first-order valence-corrected chi connectivity index (χ1v) is 5.61. The molecule has 1 aromatic rings. The second kappa shape index (κ2) is 5.23. The van der Waals surface area contributed by atoms with E-state index in [4.69, 9.17) is 9.47 Å². The Labute approximate surface area is 95.4 Å². The van der Waals surface area contributed by atoms with Gasteiger partial charge >= 0.3 is 0 Å². The third-order valence-corrected chi connectivity index (χ3v) is 2.74. The van der Waals surface area contributed by atoms with E-state index < -0.39 is 0 Å². The van der Waals surface area contributed by atoms with E-state index in [-0.39, 0.29) is 18.5 Å². The van der Waals surface area contributed by atoms with Crippen LogP contribution >= 0.6 is 0 Å². The minimum absolute atomic E-state index is 0.0366. The second-order valence-electron chi connectivity index (χ2n) is 3.94. The maximum Gasteiger partial charge on any atom is 0.188 e. The fourth-order valence-corrected chi connectivity index (χ4v) is 1.51. The molecule has 0 atom stereocenters. The molecule has 0 radical (unpaired) electrons. The first-order valence-electron chi connectivity index (χ1n) is 5.61. The van der Waals surface area contributed by atoms with Crippen LogP contribution < -0.4 is 0 Å². The van der Waals surface area contributed by atoms with Gasteiger partial charge in [0.05, 0.1) is 13.2 Å². The van der Waals surface area contributed by atoms with Crippen LogP contribution in [0.5, 0.6) is 0 Å². The molecule has 86 valence electrons. The van der Waals surface area contributed by atoms with E-state index in [9.17, 15) is 4.79 Å². The van der Waals surface area contributed by atoms with Gasteiger partial charge in [0.15, 0.2) is 5.78 Å². The third kappa shape index (κ3) is 2.68. The van der Waals surface area contributed by atoms with Crippen LogP contribution in [-0.2, 0) is 15.9 Å². The van der Waals surface area contributed by atoms with Gasteiger partial charge in [0.1, 0.15) is 12.7 Å². The Morgan fingerprint density at radius 2 is 2.06 bits per heavy atom. The highest BCUT2D eigenvalue weighted by Gasteiger charge is 2.20. The molecule has 0 aromatic heterocycles. The predicted molar refractivity (Wildman–Crippen MR) is 60.7 cm³/mol. The lowest BCUT2D eigenvalue weighted by atomic mass is 10.1. The Hall–Kier alpha value is -1.19. The summed E-state index contributed by atoms with van der Waals surface area (Å²) in [6, 6.07) is 7.70. The molecule has 3 heteroatoms. The van der Waals surface area contributed by atoms with Gasteiger partial charge in [-0.15, -0.1) is 0 Å². The first kappa shape index (κ1) is 11.3. The molecule has 0 N–H and O–H groups in total. The highest BCUT2D eigenvalue weighted by atomic mass is 16.6. The molecule has 0 saturated carbocycles. The molecule has 1 heterocycles. The quantitative estimate of drug-likeness (QED) is 0.710. The van der Waals surface area contributed by atoms with Gasteiger partial charge in [-0.1, -0.05) is 31.2 Å². The SMILES string of the molecule is CCc1ccc(C(=O)COC2COC2)cc1. The van der Waals surface area contributed by atoms with Gasteiger partial charge in [0.25, 0.3) is 0 Å². The molecule has 3 nitrogen and oxygen atoms in total. The number of Topliss-reactive ketones (excluding diaryl/α,β-unsaturated/α-hetero) is 1. The van der Waals surface area contributed by atoms with Crippen LogP contribution in [0.15, 0.2) is 24.3 Å². The summed E-state index contributed by atoms with van der Waals surface area (Å²) < 4.78 is 10.3. The van der Waals surface area contributed by atoms with Crippen molar-refractivity contribution in [1.29, 1.82) is 0 Å².